The van der Waals surface area contributed by atoms with E-state index in [1.54, 1.807) is 6.07 Å². The Bertz CT molecular complexity index is 927. The van der Waals surface area contributed by atoms with Crippen molar-refractivity contribution in [1.29, 1.82) is 15.8 Å². The number of hydrogen-bond acceptors (Lipinski definition) is 5. The molecule has 1 aliphatic carbocycles. The monoisotopic (exact) mass is 377 g/mol. The van der Waals surface area contributed by atoms with Gasteiger partial charge in [-0.3, -0.25) is 4.90 Å². The summed E-state index contributed by atoms with van der Waals surface area (Å²) in [5.74, 6) is -0.740. The Kier molecular flexibility index (Phi) is 5.24. The first-order valence-electron chi connectivity index (χ1n) is 8.94. The molecule has 0 spiro atoms. The molecule has 0 radical (unpaired) electrons. The highest BCUT2D eigenvalue weighted by atomic mass is 35.5. The number of nitrogens with zero attached hydrogens (tertiary/aromatic N) is 4. The Hall–Kier alpha value is -2.78. The highest BCUT2D eigenvalue weighted by Crippen LogP contribution is 2.55. The summed E-state index contributed by atoms with van der Waals surface area (Å²) in [5.41, 5.74) is 6.50. The molecular formula is C21H20ClN5. The van der Waals surface area contributed by atoms with Crippen molar-refractivity contribution in [1.82, 2.24) is 4.90 Å². The molecule has 0 aromatic heterocycles. The molecule has 5 nitrogen and oxygen atoms in total. The molecule has 1 aliphatic heterocycles. The van der Waals surface area contributed by atoms with Gasteiger partial charge in [0.25, 0.3) is 0 Å². The van der Waals surface area contributed by atoms with Crippen LogP contribution < -0.4 is 5.73 Å². The molecule has 0 amide bonds. The second kappa shape index (κ2) is 7.45. The summed E-state index contributed by atoms with van der Waals surface area (Å²) in [6.07, 6.45) is 3.03. The van der Waals surface area contributed by atoms with Crippen LogP contribution >= 0.6 is 11.6 Å². The minimum absolute atomic E-state index is 0.0314. The van der Waals surface area contributed by atoms with Crippen molar-refractivity contribution in [2.45, 2.75) is 19.3 Å². The fourth-order valence-electron chi connectivity index (χ4n) is 4.34. The molecule has 2 unspecified atom stereocenters. The van der Waals surface area contributed by atoms with Crippen molar-refractivity contribution in [2.75, 3.05) is 19.6 Å². The SMILES string of the molecule is CCCN1CC=C2C(N)=C(C#N)C(C#N)(C#N)C(c3ccccc3Cl)C2C1. The number of benzene rings is 1. The predicted molar refractivity (Wildman–Crippen MR) is 103 cm³/mol. The third kappa shape index (κ3) is 2.88. The Morgan fingerprint density at radius 2 is 1.96 bits per heavy atom. The maximum Gasteiger partial charge on any atom is 0.187 e. The van der Waals surface area contributed by atoms with E-state index in [4.69, 9.17) is 17.3 Å². The molecule has 0 saturated heterocycles. The number of halogens is 1. The largest absolute Gasteiger partial charge is 0.398 e. The molecule has 2 N–H and O–H groups in total. The predicted octanol–water partition coefficient (Wildman–Crippen LogP) is 3.48. The van der Waals surface area contributed by atoms with Gasteiger partial charge < -0.3 is 5.73 Å². The van der Waals surface area contributed by atoms with E-state index in [1.165, 1.54) is 0 Å². The first-order chi connectivity index (χ1) is 13.0. The van der Waals surface area contributed by atoms with Gasteiger partial charge in [-0.15, -0.1) is 0 Å². The summed E-state index contributed by atoms with van der Waals surface area (Å²) in [6, 6.07) is 13.5. The molecule has 3 rings (SSSR count). The lowest BCUT2D eigenvalue weighted by molar-refractivity contribution is 0.208. The molecule has 136 valence electrons. The third-order valence-corrected chi connectivity index (χ3v) is 5.86. The summed E-state index contributed by atoms with van der Waals surface area (Å²) in [6.45, 7) is 4.43. The van der Waals surface area contributed by atoms with E-state index in [1.807, 2.05) is 30.3 Å². The Balaban J connectivity index is 2.30. The summed E-state index contributed by atoms with van der Waals surface area (Å²) < 4.78 is 0. The zero-order chi connectivity index (χ0) is 19.6. The number of rotatable bonds is 3. The molecule has 0 bridgehead atoms. The number of nitriles is 3. The molecule has 1 aromatic rings. The summed E-state index contributed by atoms with van der Waals surface area (Å²) >= 11 is 6.47. The first kappa shape index (κ1) is 19.0. The van der Waals surface area contributed by atoms with Crippen LogP contribution in [0.1, 0.15) is 24.8 Å². The van der Waals surface area contributed by atoms with E-state index in [0.29, 0.717) is 17.1 Å². The lowest BCUT2D eigenvalue weighted by atomic mass is 9.57. The molecule has 0 saturated carbocycles. The average Bonchev–Trinajstić information content (AvgIpc) is 2.68. The van der Waals surface area contributed by atoms with Crippen LogP contribution in [-0.2, 0) is 0 Å². The minimum Gasteiger partial charge on any atom is -0.398 e. The molecule has 0 fully saturated rings. The number of fused-ring (bicyclic) bond motifs is 1. The molecule has 2 aliphatic rings. The maximum atomic E-state index is 10.1. The number of nitrogens with two attached hydrogens (primary N) is 1. The Labute approximate surface area is 164 Å². The molecule has 27 heavy (non-hydrogen) atoms. The zero-order valence-electron chi connectivity index (χ0n) is 15.1. The van der Waals surface area contributed by atoms with Crippen LogP contribution in [0.25, 0.3) is 0 Å². The lowest BCUT2D eigenvalue weighted by Crippen LogP contribution is -2.47. The lowest BCUT2D eigenvalue weighted by Gasteiger charge is -2.45. The fourth-order valence-corrected chi connectivity index (χ4v) is 4.59. The topological polar surface area (TPSA) is 101 Å². The van der Waals surface area contributed by atoms with Crippen molar-refractivity contribution in [3.05, 3.63) is 57.8 Å². The maximum absolute atomic E-state index is 10.1. The normalized spacial score (nSPS) is 24.2. The van der Waals surface area contributed by atoms with Gasteiger partial charge in [0.1, 0.15) is 0 Å². The smallest absolute Gasteiger partial charge is 0.187 e. The second-order valence-corrected chi connectivity index (χ2v) is 7.36. The Morgan fingerprint density at radius 1 is 1.26 bits per heavy atom. The van der Waals surface area contributed by atoms with Gasteiger partial charge in [0.15, 0.2) is 5.41 Å². The third-order valence-electron chi connectivity index (χ3n) is 5.51. The van der Waals surface area contributed by atoms with Gasteiger partial charge in [0.05, 0.1) is 29.5 Å². The van der Waals surface area contributed by atoms with Gasteiger partial charge in [0.2, 0.25) is 0 Å². The molecule has 1 aromatic carbocycles. The highest BCUT2D eigenvalue weighted by molar-refractivity contribution is 6.31. The van der Waals surface area contributed by atoms with Crippen LogP contribution in [0, 0.1) is 45.3 Å². The van der Waals surface area contributed by atoms with Crippen LogP contribution in [0.2, 0.25) is 5.02 Å². The molecule has 1 heterocycles. The number of allylic oxidation sites excluding steroid dienone is 2. The van der Waals surface area contributed by atoms with E-state index in [-0.39, 0.29) is 17.2 Å². The molecule has 6 heteroatoms. The minimum atomic E-state index is -1.67. The number of hydrogen-bond donors (Lipinski definition) is 1. The van der Waals surface area contributed by atoms with Crippen LogP contribution in [-0.4, -0.2) is 24.5 Å². The summed E-state index contributed by atoms with van der Waals surface area (Å²) in [4.78, 5) is 2.28. The molecular weight excluding hydrogens is 358 g/mol. The average molecular weight is 378 g/mol. The van der Waals surface area contributed by atoms with E-state index in [9.17, 15) is 15.8 Å². The summed E-state index contributed by atoms with van der Waals surface area (Å²) in [5, 5.41) is 30.4. The van der Waals surface area contributed by atoms with E-state index in [2.05, 4.69) is 24.0 Å². The van der Waals surface area contributed by atoms with E-state index >= 15 is 0 Å². The van der Waals surface area contributed by atoms with Crippen molar-refractivity contribution in [3.63, 3.8) is 0 Å². The van der Waals surface area contributed by atoms with Crippen molar-refractivity contribution >= 4 is 11.6 Å². The summed E-state index contributed by atoms with van der Waals surface area (Å²) in [7, 11) is 0. The van der Waals surface area contributed by atoms with Gasteiger partial charge in [-0.05, 0) is 30.2 Å². The van der Waals surface area contributed by atoms with Crippen LogP contribution in [0.3, 0.4) is 0 Å². The van der Waals surface area contributed by atoms with Gasteiger partial charge in [0, 0.05) is 29.9 Å². The van der Waals surface area contributed by atoms with Crippen molar-refractivity contribution in [2.24, 2.45) is 17.1 Å². The quantitative estimate of drug-likeness (QED) is 0.868. The van der Waals surface area contributed by atoms with Gasteiger partial charge in [-0.2, -0.15) is 15.8 Å². The first-order valence-corrected chi connectivity index (χ1v) is 9.31. The van der Waals surface area contributed by atoms with Gasteiger partial charge >= 0.3 is 0 Å². The van der Waals surface area contributed by atoms with Crippen LogP contribution in [0.15, 0.2) is 47.2 Å². The second-order valence-electron chi connectivity index (χ2n) is 6.96. The zero-order valence-corrected chi connectivity index (χ0v) is 15.9. The Morgan fingerprint density at radius 3 is 2.56 bits per heavy atom. The standard InChI is InChI=1S/C21H20ClN5/c1-2-8-27-9-7-14-16(11-27)19(15-5-3-4-6-18(15)22)21(12-24,13-25)17(10-23)20(14)26/h3-7,16,19H,2,8-9,11,26H2,1H3. The van der Waals surface area contributed by atoms with Crippen molar-refractivity contribution < 1.29 is 0 Å². The highest BCUT2D eigenvalue weighted by Gasteiger charge is 2.55. The van der Waals surface area contributed by atoms with Crippen LogP contribution in [0.5, 0.6) is 0 Å². The van der Waals surface area contributed by atoms with Crippen molar-refractivity contribution in [3.8, 4) is 18.2 Å². The van der Waals surface area contributed by atoms with Gasteiger partial charge in [-0.1, -0.05) is 42.8 Å². The molecule has 2 atom stereocenters. The van der Waals surface area contributed by atoms with E-state index in [0.717, 1.165) is 25.1 Å². The fraction of sp³-hybridized carbons (Fsp3) is 0.381. The van der Waals surface area contributed by atoms with E-state index < -0.39 is 11.3 Å². The van der Waals surface area contributed by atoms with Gasteiger partial charge in [-0.25, -0.2) is 0 Å². The van der Waals surface area contributed by atoms with Crippen LogP contribution in [0.4, 0.5) is 0 Å².